The second-order valence-electron chi connectivity index (χ2n) is 2.83. The summed E-state index contributed by atoms with van der Waals surface area (Å²) in [5.74, 6) is 0.544. The van der Waals surface area contributed by atoms with Crippen LogP contribution in [0.2, 0.25) is 0 Å². The summed E-state index contributed by atoms with van der Waals surface area (Å²) >= 11 is 0. The molecule has 0 saturated heterocycles. The van der Waals surface area contributed by atoms with Gasteiger partial charge in [0.15, 0.2) is 0 Å². The largest absolute Gasteiger partial charge is 0.0843 e. The Morgan fingerprint density at radius 1 is 1.70 bits per heavy atom. The van der Waals surface area contributed by atoms with E-state index in [4.69, 9.17) is 6.58 Å². The number of rotatable bonds is 4. The zero-order chi connectivity index (χ0) is 7.98. The van der Waals surface area contributed by atoms with Crippen molar-refractivity contribution in [3.05, 3.63) is 31.2 Å². The maximum absolute atomic E-state index is 5.42. The van der Waals surface area contributed by atoms with Gasteiger partial charge in [0.25, 0.3) is 0 Å². The Bertz CT molecular complexity index is 118. The second kappa shape index (κ2) is 5.28. The molecule has 0 heterocycles. The molecule has 0 N–H and O–H groups in total. The molecule has 2 radical (unpaired) electrons. The smallest absolute Gasteiger partial charge is 0.0345 e. The van der Waals surface area contributed by atoms with Crippen LogP contribution in [0, 0.1) is 19.4 Å². The first-order valence-corrected chi connectivity index (χ1v) is 3.71. The molecular formula is C10H16. The lowest BCUT2D eigenvalue weighted by atomic mass is 10.1. The van der Waals surface area contributed by atoms with E-state index in [1.54, 1.807) is 0 Å². The lowest BCUT2D eigenvalue weighted by molar-refractivity contribution is 0.654. The molecule has 56 valence electrons. The highest BCUT2D eigenvalue weighted by atomic mass is 13.9. The normalized spacial score (nSPS) is 11.2. The van der Waals surface area contributed by atoms with Crippen LogP contribution in [0.1, 0.15) is 26.7 Å². The standard InChI is InChI=1S/C10H16/c1-9(2)7-5-6-8-10(3)4/h1,5,7,10H,3,6,8H2,2,4H3. The van der Waals surface area contributed by atoms with Crippen LogP contribution >= 0.6 is 0 Å². The monoisotopic (exact) mass is 136 g/mol. The van der Waals surface area contributed by atoms with Crippen LogP contribution in [0.3, 0.4) is 0 Å². The zero-order valence-electron chi connectivity index (χ0n) is 6.93. The van der Waals surface area contributed by atoms with Crippen LogP contribution in [0.25, 0.3) is 0 Å². The number of hydrogen-bond donors (Lipinski definition) is 0. The minimum Gasteiger partial charge on any atom is -0.0843 e. The van der Waals surface area contributed by atoms with Gasteiger partial charge in [-0.15, -0.1) is 0 Å². The van der Waals surface area contributed by atoms with E-state index in [2.05, 4.69) is 19.9 Å². The topological polar surface area (TPSA) is 0 Å². The van der Waals surface area contributed by atoms with Gasteiger partial charge in [0.05, 0.1) is 0 Å². The molecular weight excluding hydrogens is 120 g/mol. The molecule has 0 spiro atoms. The molecule has 1 atom stereocenters. The van der Waals surface area contributed by atoms with Gasteiger partial charge in [-0.2, -0.15) is 0 Å². The van der Waals surface area contributed by atoms with Crippen LogP contribution in [0.5, 0.6) is 0 Å². The molecule has 0 aliphatic heterocycles. The Balaban J connectivity index is 3.27. The van der Waals surface area contributed by atoms with E-state index in [0.29, 0.717) is 5.92 Å². The van der Waals surface area contributed by atoms with E-state index in [1.165, 1.54) is 0 Å². The Labute approximate surface area is 64.6 Å². The van der Waals surface area contributed by atoms with Gasteiger partial charge in [0.2, 0.25) is 0 Å². The molecule has 0 bridgehead atoms. The predicted molar refractivity (Wildman–Crippen MR) is 46.4 cm³/mol. The van der Waals surface area contributed by atoms with Crippen LogP contribution in [0.4, 0.5) is 0 Å². The first-order valence-electron chi connectivity index (χ1n) is 3.71. The highest BCUT2D eigenvalue weighted by molar-refractivity contribution is 5.08. The summed E-state index contributed by atoms with van der Waals surface area (Å²) in [6.45, 7) is 13.3. The van der Waals surface area contributed by atoms with Crippen molar-refractivity contribution in [2.45, 2.75) is 26.7 Å². The molecule has 1 unspecified atom stereocenters. The minimum atomic E-state index is 0.544. The van der Waals surface area contributed by atoms with Crippen molar-refractivity contribution < 1.29 is 0 Å². The van der Waals surface area contributed by atoms with Crippen molar-refractivity contribution in [1.82, 2.24) is 0 Å². The third-order valence-electron chi connectivity index (χ3n) is 1.21. The molecule has 0 aromatic carbocycles. The summed E-state index contributed by atoms with van der Waals surface area (Å²) in [4.78, 5) is 0. The van der Waals surface area contributed by atoms with E-state index in [9.17, 15) is 0 Å². The van der Waals surface area contributed by atoms with Crippen LogP contribution < -0.4 is 0 Å². The molecule has 0 amide bonds. The van der Waals surface area contributed by atoms with E-state index in [0.717, 1.165) is 18.4 Å². The highest BCUT2D eigenvalue weighted by Gasteiger charge is 1.88. The summed E-state index contributed by atoms with van der Waals surface area (Å²) in [5, 5.41) is 0. The fraction of sp³-hybridized carbons (Fsp3) is 0.500. The average molecular weight is 136 g/mol. The summed E-state index contributed by atoms with van der Waals surface area (Å²) in [5.41, 5.74) is 0.872. The highest BCUT2D eigenvalue weighted by Crippen LogP contribution is 2.04. The lowest BCUT2D eigenvalue weighted by Gasteiger charge is -1.98. The zero-order valence-corrected chi connectivity index (χ0v) is 6.93. The third kappa shape index (κ3) is 7.48. The molecule has 0 saturated carbocycles. The van der Waals surface area contributed by atoms with Gasteiger partial charge in [-0.25, -0.2) is 0 Å². The van der Waals surface area contributed by atoms with E-state index in [-0.39, 0.29) is 0 Å². The van der Waals surface area contributed by atoms with Crippen molar-refractivity contribution in [2.24, 2.45) is 5.92 Å². The Kier molecular flexibility index (Phi) is 5.00. The number of hydrogen-bond acceptors (Lipinski definition) is 0. The van der Waals surface area contributed by atoms with Gasteiger partial charge in [-0.1, -0.05) is 38.2 Å². The van der Waals surface area contributed by atoms with Gasteiger partial charge < -0.3 is 0 Å². The summed E-state index contributed by atoms with van der Waals surface area (Å²) in [6, 6.07) is 0. The summed E-state index contributed by atoms with van der Waals surface area (Å²) < 4.78 is 0. The SMILES string of the molecule is [CH]=C(C)C=CCCC([CH2])C. The van der Waals surface area contributed by atoms with E-state index < -0.39 is 0 Å². The first-order chi connectivity index (χ1) is 4.63. The molecule has 0 aliphatic carbocycles. The van der Waals surface area contributed by atoms with Crippen LogP contribution in [-0.2, 0) is 0 Å². The summed E-state index contributed by atoms with van der Waals surface area (Å²) in [6.07, 6.45) is 6.27. The van der Waals surface area contributed by atoms with E-state index in [1.807, 2.05) is 13.0 Å². The second-order valence-corrected chi connectivity index (χ2v) is 2.83. The molecule has 0 nitrogen and oxygen atoms in total. The van der Waals surface area contributed by atoms with Crippen LogP contribution in [-0.4, -0.2) is 0 Å². The van der Waals surface area contributed by atoms with Crippen molar-refractivity contribution in [2.75, 3.05) is 0 Å². The van der Waals surface area contributed by atoms with Crippen molar-refractivity contribution in [3.63, 3.8) is 0 Å². The molecule has 0 fully saturated rings. The Hall–Kier alpha value is -0.520. The fourth-order valence-corrected chi connectivity index (χ4v) is 0.650. The molecule has 0 aromatic rings. The van der Waals surface area contributed by atoms with Crippen molar-refractivity contribution in [1.29, 1.82) is 0 Å². The Morgan fingerprint density at radius 2 is 2.30 bits per heavy atom. The molecule has 0 rings (SSSR count). The lowest BCUT2D eigenvalue weighted by Crippen LogP contribution is -1.84. The molecule has 0 heteroatoms. The van der Waals surface area contributed by atoms with Crippen molar-refractivity contribution in [3.8, 4) is 0 Å². The van der Waals surface area contributed by atoms with Crippen molar-refractivity contribution >= 4 is 0 Å². The quantitative estimate of drug-likeness (QED) is 0.521. The van der Waals surface area contributed by atoms with E-state index >= 15 is 0 Å². The third-order valence-corrected chi connectivity index (χ3v) is 1.21. The van der Waals surface area contributed by atoms with Crippen LogP contribution in [0.15, 0.2) is 17.7 Å². The molecule has 0 aromatic heterocycles. The maximum atomic E-state index is 5.42. The maximum Gasteiger partial charge on any atom is -0.0345 e. The van der Waals surface area contributed by atoms with Gasteiger partial charge in [0.1, 0.15) is 0 Å². The average Bonchev–Trinajstić information content (AvgIpc) is 1.79. The minimum absolute atomic E-state index is 0.544. The Morgan fingerprint density at radius 3 is 2.70 bits per heavy atom. The van der Waals surface area contributed by atoms with Gasteiger partial charge in [-0.3, -0.25) is 0 Å². The fourth-order valence-electron chi connectivity index (χ4n) is 0.650. The first kappa shape index (κ1) is 9.48. The summed E-state index contributed by atoms with van der Waals surface area (Å²) in [7, 11) is 0. The van der Waals surface area contributed by atoms with Gasteiger partial charge >= 0.3 is 0 Å². The molecule has 10 heavy (non-hydrogen) atoms. The number of allylic oxidation sites excluding steroid dienone is 3. The molecule has 0 aliphatic rings. The van der Waals surface area contributed by atoms with Gasteiger partial charge in [0, 0.05) is 0 Å². The predicted octanol–water partition coefficient (Wildman–Crippen LogP) is 3.17. The van der Waals surface area contributed by atoms with Gasteiger partial charge in [-0.05, 0) is 25.7 Å².